The number of rotatable bonds is 5. The fraction of sp³-hybridized carbons (Fsp3) is 0.429. The summed E-state index contributed by atoms with van der Waals surface area (Å²) in [5.74, 6) is 0.200. The normalized spacial score (nSPS) is 19.7. The van der Waals surface area contributed by atoms with Gasteiger partial charge in [0.2, 0.25) is 17.8 Å². The van der Waals surface area contributed by atoms with Crippen molar-refractivity contribution >= 4 is 17.8 Å². The summed E-state index contributed by atoms with van der Waals surface area (Å²) in [6, 6.07) is 8.09. The van der Waals surface area contributed by atoms with Crippen LogP contribution < -0.4 is 4.90 Å². The standard InChI is InChI=1S/C21H24FN5O2/c22-18-4-2-16(3-5-18)6-9-27-15-17(14-19(27)28)20(29)25-10-12-26(13-11-25)21-23-7-1-8-24-21/h1-5,7-8,17H,6,9-15H2. The van der Waals surface area contributed by atoms with Crippen LogP contribution in [-0.4, -0.2) is 70.9 Å². The van der Waals surface area contributed by atoms with Gasteiger partial charge in [-0.2, -0.15) is 0 Å². The molecule has 0 saturated carbocycles. The van der Waals surface area contributed by atoms with E-state index in [-0.39, 0.29) is 30.0 Å². The Hall–Kier alpha value is -3.03. The van der Waals surface area contributed by atoms with E-state index in [9.17, 15) is 14.0 Å². The van der Waals surface area contributed by atoms with E-state index in [0.29, 0.717) is 51.6 Å². The van der Waals surface area contributed by atoms with Crippen molar-refractivity contribution in [2.24, 2.45) is 5.92 Å². The van der Waals surface area contributed by atoms with Gasteiger partial charge in [0.25, 0.3) is 0 Å². The van der Waals surface area contributed by atoms with Crippen LogP contribution in [0.25, 0.3) is 0 Å². The largest absolute Gasteiger partial charge is 0.342 e. The van der Waals surface area contributed by atoms with Crippen molar-refractivity contribution in [3.63, 3.8) is 0 Å². The molecule has 2 aromatic rings. The minimum atomic E-state index is -0.282. The fourth-order valence-electron chi connectivity index (χ4n) is 3.91. The highest BCUT2D eigenvalue weighted by atomic mass is 19.1. The maximum Gasteiger partial charge on any atom is 0.228 e. The van der Waals surface area contributed by atoms with Crippen LogP contribution in [0.5, 0.6) is 0 Å². The molecule has 0 N–H and O–H groups in total. The summed E-state index contributed by atoms with van der Waals surface area (Å²) in [4.78, 5) is 39.4. The number of hydrogen-bond acceptors (Lipinski definition) is 5. The molecule has 2 amide bonds. The third-order valence-corrected chi connectivity index (χ3v) is 5.57. The first-order valence-electron chi connectivity index (χ1n) is 9.93. The van der Waals surface area contributed by atoms with Crippen LogP contribution in [-0.2, 0) is 16.0 Å². The van der Waals surface area contributed by atoms with Gasteiger partial charge in [-0.05, 0) is 30.2 Å². The van der Waals surface area contributed by atoms with Crippen LogP contribution in [0.3, 0.4) is 0 Å². The van der Waals surface area contributed by atoms with Crippen molar-refractivity contribution in [2.45, 2.75) is 12.8 Å². The molecule has 2 aliphatic heterocycles. The SMILES string of the molecule is O=C1CC(C(=O)N2CCN(c3ncccn3)CC2)CN1CCc1ccc(F)cc1. The summed E-state index contributed by atoms with van der Waals surface area (Å²) in [5, 5.41) is 0. The number of likely N-dealkylation sites (tertiary alicyclic amines) is 1. The van der Waals surface area contributed by atoms with Gasteiger partial charge >= 0.3 is 0 Å². The Morgan fingerprint density at radius 1 is 1.07 bits per heavy atom. The number of aromatic nitrogens is 2. The molecule has 2 aliphatic rings. The minimum absolute atomic E-state index is 0.0155. The van der Waals surface area contributed by atoms with E-state index in [2.05, 4.69) is 14.9 Å². The molecule has 1 unspecified atom stereocenters. The van der Waals surface area contributed by atoms with Gasteiger partial charge in [-0.25, -0.2) is 14.4 Å². The van der Waals surface area contributed by atoms with Crippen LogP contribution >= 0.6 is 0 Å². The van der Waals surface area contributed by atoms with Crippen LogP contribution in [0.1, 0.15) is 12.0 Å². The molecule has 29 heavy (non-hydrogen) atoms. The number of hydrogen-bond donors (Lipinski definition) is 0. The monoisotopic (exact) mass is 397 g/mol. The minimum Gasteiger partial charge on any atom is -0.342 e. The van der Waals surface area contributed by atoms with E-state index in [1.807, 2.05) is 4.90 Å². The van der Waals surface area contributed by atoms with Crippen molar-refractivity contribution in [1.29, 1.82) is 0 Å². The summed E-state index contributed by atoms with van der Waals surface area (Å²) >= 11 is 0. The molecule has 152 valence electrons. The van der Waals surface area contributed by atoms with Gasteiger partial charge in [-0.3, -0.25) is 9.59 Å². The van der Waals surface area contributed by atoms with Crippen molar-refractivity contribution < 1.29 is 14.0 Å². The maximum atomic E-state index is 13.0. The highest BCUT2D eigenvalue weighted by molar-refractivity contribution is 5.89. The highest BCUT2D eigenvalue weighted by Gasteiger charge is 2.37. The zero-order valence-electron chi connectivity index (χ0n) is 16.2. The van der Waals surface area contributed by atoms with Crippen molar-refractivity contribution in [3.8, 4) is 0 Å². The van der Waals surface area contributed by atoms with E-state index in [1.165, 1.54) is 12.1 Å². The fourth-order valence-corrected chi connectivity index (χ4v) is 3.91. The molecule has 1 atom stereocenters. The first-order chi connectivity index (χ1) is 14.1. The van der Waals surface area contributed by atoms with Gasteiger partial charge in [-0.15, -0.1) is 0 Å². The van der Waals surface area contributed by atoms with Gasteiger partial charge in [-0.1, -0.05) is 12.1 Å². The molecule has 1 aromatic heterocycles. The lowest BCUT2D eigenvalue weighted by atomic mass is 10.1. The number of piperazine rings is 1. The zero-order valence-corrected chi connectivity index (χ0v) is 16.2. The van der Waals surface area contributed by atoms with Crippen LogP contribution in [0.4, 0.5) is 10.3 Å². The first-order valence-corrected chi connectivity index (χ1v) is 9.93. The molecule has 0 bridgehead atoms. The van der Waals surface area contributed by atoms with Crippen LogP contribution in [0.15, 0.2) is 42.7 Å². The topological polar surface area (TPSA) is 69.6 Å². The first kappa shape index (κ1) is 19.3. The van der Waals surface area contributed by atoms with E-state index in [0.717, 1.165) is 5.56 Å². The smallest absolute Gasteiger partial charge is 0.228 e. The number of carbonyl (C=O) groups excluding carboxylic acids is 2. The van der Waals surface area contributed by atoms with Crippen LogP contribution in [0, 0.1) is 11.7 Å². The van der Waals surface area contributed by atoms with Gasteiger partial charge in [0.15, 0.2) is 0 Å². The quantitative estimate of drug-likeness (QED) is 0.762. The lowest BCUT2D eigenvalue weighted by Gasteiger charge is -2.35. The second-order valence-corrected chi connectivity index (χ2v) is 7.48. The van der Waals surface area contributed by atoms with E-state index >= 15 is 0 Å². The molecular formula is C21H24FN5O2. The molecule has 2 fully saturated rings. The third-order valence-electron chi connectivity index (χ3n) is 5.57. The predicted molar refractivity (Wildman–Crippen MR) is 106 cm³/mol. The summed E-state index contributed by atoms with van der Waals surface area (Å²) in [5.41, 5.74) is 0.980. The second-order valence-electron chi connectivity index (χ2n) is 7.48. The van der Waals surface area contributed by atoms with Crippen LogP contribution in [0.2, 0.25) is 0 Å². The molecular weight excluding hydrogens is 373 g/mol. The predicted octanol–water partition coefficient (Wildman–Crippen LogP) is 1.36. The average molecular weight is 397 g/mol. The van der Waals surface area contributed by atoms with Gasteiger partial charge in [0.05, 0.1) is 5.92 Å². The summed E-state index contributed by atoms with van der Waals surface area (Å²) in [7, 11) is 0. The summed E-state index contributed by atoms with van der Waals surface area (Å²) < 4.78 is 13.0. The molecule has 0 radical (unpaired) electrons. The van der Waals surface area contributed by atoms with E-state index in [4.69, 9.17) is 0 Å². The Morgan fingerprint density at radius 2 is 1.76 bits per heavy atom. The molecule has 4 rings (SSSR count). The molecule has 1 aromatic carbocycles. The lowest BCUT2D eigenvalue weighted by molar-refractivity contribution is -0.136. The number of halogens is 1. The lowest BCUT2D eigenvalue weighted by Crippen LogP contribution is -2.51. The van der Waals surface area contributed by atoms with Crippen molar-refractivity contribution in [1.82, 2.24) is 19.8 Å². The third kappa shape index (κ3) is 4.52. The number of benzene rings is 1. The highest BCUT2D eigenvalue weighted by Crippen LogP contribution is 2.22. The van der Waals surface area contributed by atoms with Gasteiger partial charge in [0.1, 0.15) is 5.82 Å². The van der Waals surface area contributed by atoms with Gasteiger partial charge in [0, 0.05) is 58.1 Å². The number of nitrogens with zero attached hydrogens (tertiary/aromatic N) is 5. The Labute approximate surface area is 169 Å². The van der Waals surface area contributed by atoms with Gasteiger partial charge < -0.3 is 14.7 Å². The van der Waals surface area contributed by atoms with Crippen molar-refractivity contribution in [3.05, 3.63) is 54.1 Å². The second kappa shape index (κ2) is 8.55. The Kier molecular flexibility index (Phi) is 5.69. The maximum absolute atomic E-state index is 13.0. The van der Waals surface area contributed by atoms with Crippen molar-refractivity contribution in [2.75, 3.05) is 44.2 Å². The molecule has 2 saturated heterocycles. The number of amides is 2. The number of carbonyl (C=O) groups is 2. The zero-order chi connectivity index (χ0) is 20.2. The molecule has 3 heterocycles. The summed E-state index contributed by atoms with van der Waals surface area (Å²) in [6.07, 6.45) is 4.35. The van der Waals surface area contributed by atoms with E-state index < -0.39 is 0 Å². The number of anilines is 1. The molecule has 7 nitrogen and oxygen atoms in total. The molecule has 8 heteroatoms. The Morgan fingerprint density at radius 3 is 2.45 bits per heavy atom. The Bertz CT molecular complexity index is 853. The summed E-state index contributed by atoms with van der Waals surface area (Å²) in [6.45, 7) is 3.60. The molecule has 0 aliphatic carbocycles. The average Bonchev–Trinajstić information content (AvgIpc) is 3.14. The van der Waals surface area contributed by atoms with E-state index in [1.54, 1.807) is 35.5 Å². The Balaban J connectivity index is 1.27. The molecule has 0 spiro atoms.